The number of nitrogens with zero attached hydrogens (tertiary/aromatic N) is 2. The summed E-state index contributed by atoms with van der Waals surface area (Å²) in [5.41, 5.74) is 6.44. The fraction of sp³-hybridized carbons (Fsp3) is 0.0333. The summed E-state index contributed by atoms with van der Waals surface area (Å²) in [6, 6.07) is 24.8. The van der Waals surface area contributed by atoms with Crippen molar-refractivity contribution in [1.29, 1.82) is 0 Å². The predicted octanol–water partition coefficient (Wildman–Crippen LogP) is 6.69. The van der Waals surface area contributed by atoms with E-state index in [-0.39, 0.29) is 17.0 Å². The number of carbonyl (C=O) groups excluding carboxylic acids is 2. The third kappa shape index (κ3) is 5.45. The number of hydrogen-bond donors (Lipinski definition) is 2. The van der Waals surface area contributed by atoms with Crippen molar-refractivity contribution < 1.29 is 19.2 Å². The van der Waals surface area contributed by atoms with Gasteiger partial charge in [0.05, 0.1) is 16.7 Å². The summed E-state index contributed by atoms with van der Waals surface area (Å²) in [6.45, 7) is 1.97. The SMILES string of the molecule is Cc1ccc2[nH]c(C(=O)NN=Cc3ccccc3OC(=O)c3ccc([N+](=O)[O-])cc3)c(-c3ccccc3Cl)c2c1. The second-order valence-electron chi connectivity index (χ2n) is 8.83. The van der Waals surface area contributed by atoms with Gasteiger partial charge in [-0.05, 0) is 49.4 Å². The number of benzene rings is 4. The van der Waals surface area contributed by atoms with E-state index in [0.717, 1.165) is 16.5 Å². The van der Waals surface area contributed by atoms with E-state index < -0.39 is 16.8 Å². The summed E-state index contributed by atoms with van der Waals surface area (Å²) >= 11 is 6.50. The summed E-state index contributed by atoms with van der Waals surface area (Å²) < 4.78 is 5.48. The molecule has 0 saturated carbocycles. The van der Waals surface area contributed by atoms with Crippen LogP contribution >= 0.6 is 11.6 Å². The van der Waals surface area contributed by atoms with E-state index >= 15 is 0 Å². The van der Waals surface area contributed by atoms with Gasteiger partial charge in [0.25, 0.3) is 11.6 Å². The third-order valence-corrected chi connectivity index (χ3v) is 6.46. The Labute approximate surface area is 233 Å². The minimum Gasteiger partial charge on any atom is -0.422 e. The van der Waals surface area contributed by atoms with Crippen molar-refractivity contribution in [2.45, 2.75) is 6.92 Å². The number of aromatic amines is 1. The lowest BCUT2D eigenvalue weighted by molar-refractivity contribution is -0.384. The number of carbonyl (C=O) groups is 2. The molecule has 5 aromatic rings. The molecule has 0 radical (unpaired) electrons. The van der Waals surface area contributed by atoms with Crippen molar-refractivity contribution in [3.05, 3.63) is 129 Å². The fourth-order valence-corrected chi connectivity index (χ4v) is 4.42. The average Bonchev–Trinajstić information content (AvgIpc) is 3.32. The maximum atomic E-state index is 13.3. The molecule has 0 atom stereocenters. The van der Waals surface area contributed by atoms with Gasteiger partial charge in [0.15, 0.2) is 0 Å². The Hall–Kier alpha value is -5.28. The van der Waals surface area contributed by atoms with Crippen LogP contribution in [-0.4, -0.2) is 28.0 Å². The summed E-state index contributed by atoms with van der Waals surface area (Å²) in [5.74, 6) is -0.986. The average molecular weight is 553 g/mol. The minimum absolute atomic E-state index is 0.136. The Balaban J connectivity index is 1.38. The summed E-state index contributed by atoms with van der Waals surface area (Å²) in [7, 11) is 0. The predicted molar refractivity (Wildman–Crippen MR) is 153 cm³/mol. The van der Waals surface area contributed by atoms with Crippen LogP contribution in [0.25, 0.3) is 22.0 Å². The van der Waals surface area contributed by atoms with E-state index in [1.54, 1.807) is 30.3 Å². The normalized spacial score (nSPS) is 11.1. The molecular formula is C30H21ClN4O5. The summed E-state index contributed by atoms with van der Waals surface area (Å²) in [6.07, 6.45) is 1.36. The Bertz CT molecular complexity index is 1790. The lowest BCUT2D eigenvalue weighted by Crippen LogP contribution is -2.19. The van der Waals surface area contributed by atoms with Crippen LogP contribution in [0.3, 0.4) is 0 Å². The van der Waals surface area contributed by atoms with Crippen molar-refractivity contribution in [3.8, 4) is 16.9 Å². The second-order valence-corrected chi connectivity index (χ2v) is 9.24. The van der Waals surface area contributed by atoms with Gasteiger partial charge in [-0.1, -0.05) is 53.6 Å². The number of H-pyrrole nitrogens is 1. The lowest BCUT2D eigenvalue weighted by Gasteiger charge is -2.08. The van der Waals surface area contributed by atoms with Gasteiger partial charge in [0.2, 0.25) is 0 Å². The van der Waals surface area contributed by atoms with Crippen LogP contribution in [0.4, 0.5) is 5.69 Å². The van der Waals surface area contributed by atoms with E-state index in [9.17, 15) is 19.7 Å². The molecule has 0 fully saturated rings. The molecule has 5 rings (SSSR count). The van der Waals surface area contributed by atoms with Gasteiger partial charge in [0, 0.05) is 44.7 Å². The number of nitro groups is 1. The Morgan fingerprint density at radius 1 is 1.00 bits per heavy atom. The van der Waals surface area contributed by atoms with Crippen LogP contribution in [0.5, 0.6) is 5.75 Å². The van der Waals surface area contributed by atoms with Crippen molar-refractivity contribution >= 4 is 46.3 Å². The van der Waals surface area contributed by atoms with Crippen LogP contribution in [0.1, 0.15) is 32.0 Å². The number of hydrogen-bond acceptors (Lipinski definition) is 6. The number of amides is 1. The second kappa shape index (κ2) is 11.2. The van der Waals surface area contributed by atoms with Crippen LogP contribution in [-0.2, 0) is 0 Å². The lowest BCUT2D eigenvalue weighted by atomic mass is 10.0. The molecule has 0 aliphatic rings. The number of para-hydroxylation sites is 1. The van der Waals surface area contributed by atoms with Gasteiger partial charge < -0.3 is 9.72 Å². The van der Waals surface area contributed by atoms with E-state index in [0.29, 0.717) is 27.4 Å². The number of rotatable bonds is 7. The standard InChI is InChI=1S/C30H21ClN4O5/c1-18-10-15-25-23(16-18)27(22-7-3-4-8-24(22)31)28(33-25)29(36)34-32-17-20-6-2-5-9-26(20)40-30(37)19-11-13-21(14-12-19)35(38)39/h2-17,33H,1H3,(H,34,36). The molecule has 0 bridgehead atoms. The Morgan fingerprint density at radius 3 is 2.48 bits per heavy atom. The molecule has 1 amide bonds. The molecule has 0 aliphatic carbocycles. The van der Waals surface area contributed by atoms with Crippen LogP contribution in [0, 0.1) is 17.0 Å². The first kappa shape index (κ1) is 26.3. The van der Waals surface area contributed by atoms with Crippen molar-refractivity contribution in [2.24, 2.45) is 5.10 Å². The zero-order valence-corrected chi connectivity index (χ0v) is 21.8. The fourth-order valence-electron chi connectivity index (χ4n) is 4.19. The first-order valence-electron chi connectivity index (χ1n) is 12.1. The molecule has 0 aliphatic heterocycles. The Kier molecular flexibility index (Phi) is 7.39. The minimum atomic E-state index is -0.697. The highest BCUT2D eigenvalue weighted by Crippen LogP contribution is 2.37. The highest BCUT2D eigenvalue weighted by molar-refractivity contribution is 6.34. The molecule has 198 valence electrons. The highest BCUT2D eigenvalue weighted by Gasteiger charge is 2.21. The molecule has 0 spiro atoms. The quantitative estimate of drug-likeness (QED) is 0.0764. The zero-order valence-electron chi connectivity index (χ0n) is 21.1. The van der Waals surface area contributed by atoms with Crippen LogP contribution in [0.15, 0.2) is 96.1 Å². The van der Waals surface area contributed by atoms with Crippen LogP contribution < -0.4 is 10.2 Å². The molecule has 10 heteroatoms. The smallest absolute Gasteiger partial charge is 0.343 e. The van der Waals surface area contributed by atoms with E-state index in [2.05, 4.69) is 15.5 Å². The first-order chi connectivity index (χ1) is 19.3. The van der Waals surface area contributed by atoms with Crippen molar-refractivity contribution in [2.75, 3.05) is 0 Å². The van der Waals surface area contributed by atoms with Gasteiger partial charge in [-0.15, -0.1) is 0 Å². The van der Waals surface area contributed by atoms with Gasteiger partial charge in [-0.2, -0.15) is 5.10 Å². The summed E-state index contributed by atoms with van der Waals surface area (Å²) in [4.78, 5) is 39.4. The number of ether oxygens (including phenoxy) is 1. The number of hydrazone groups is 1. The maximum Gasteiger partial charge on any atom is 0.343 e. The molecule has 2 N–H and O–H groups in total. The van der Waals surface area contributed by atoms with Crippen molar-refractivity contribution in [1.82, 2.24) is 10.4 Å². The largest absolute Gasteiger partial charge is 0.422 e. The topological polar surface area (TPSA) is 127 Å². The van der Waals surface area contributed by atoms with Crippen LogP contribution in [0.2, 0.25) is 5.02 Å². The number of halogens is 1. The number of aromatic nitrogens is 1. The maximum absolute atomic E-state index is 13.3. The molecule has 4 aromatic carbocycles. The highest BCUT2D eigenvalue weighted by atomic mass is 35.5. The van der Waals surface area contributed by atoms with Gasteiger partial charge in [-0.3, -0.25) is 14.9 Å². The number of nitro benzene ring substituents is 1. The van der Waals surface area contributed by atoms with Gasteiger partial charge >= 0.3 is 5.97 Å². The number of non-ortho nitro benzene ring substituents is 1. The van der Waals surface area contributed by atoms with Gasteiger partial charge in [0.1, 0.15) is 11.4 Å². The Morgan fingerprint density at radius 2 is 1.73 bits per heavy atom. The molecule has 9 nitrogen and oxygen atoms in total. The molecule has 0 saturated heterocycles. The summed E-state index contributed by atoms with van der Waals surface area (Å²) in [5, 5.41) is 16.3. The molecule has 0 unspecified atom stereocenters. The third-order valence-electron chi connectivity index (χ3n) is 6.13. The molecule has 1 aromatic heterocycles. The first-order valence-corrected chi connectivity index (χ1v) is 12.5. The number of esters is 1. The van der Waals surface area contributed by atoms with Crippen molar-refractivity contribution in [3.63, 3.8) is 0 Å². The molecule has 40 heavy (non-hydrogen) atoms. The number of nitrogens with one attached hydrogen (secondary N) is 2. The van der Waals surface area contributed by atoms with Gasteiger partial charge in [-0.25, -0.2) is 10.2 Å². The van der Waals surface area contributed by atoms with E-state index in [1.807, 2.05) is 43.3 Å². The van der Waals surface area contributed by atoms with E-state index in [1.165, 1.54) is 30.5 Å². The molecule has 1 heterocycles. The number of fused-ring (bicyclic) bond motifs is 1. The van der Waals surface area contributed by atoms with E-state index in [4.69, 9.17) is 16.3 Å². The number of aryl methyl sites for hydroxylation is 1. The monoisotopic (exact) mass is 552 g/mol. The zero-order chi connectivity index (χ0) is 28.2. The molecular weight excluding hydrogens is 532 g/mol.